The van der Waals surface area contributed by atoms with Crippen molar-refractivity contribution in [1.29, 1.82) is 0 Å². The number of aliphatic hydroxyl groups is 1. The number of hydrogen-bond acceptors (Lipinski definition) is 5. The number of H-pyrrole nitrogens is 1. The maximum absolute atomic E-state index is 12.5. The normalized spacial score (nSPS) is 22.8. The topological polar surface area (TPSA) is 92.8 Å². The lowest BCUT2D eigenvalue weighted by Gasteiger charge is -2.19. The van der Waals surface area contributed by atoms with E-state index in [4.69, 9.17) is 29.9 Å². The van der Waals surface area contributed by atoms with Gasteiger partial charge in [-0.15, -0.1) is 0 Å². The molecular formula is C19H24B3N2O5. The van der Waals surface area contributed by atoms with Gasteiger partial charge in [0.25, 0.3) is 5.91 Å². The predicted molar refractivity (Wildman–Crippen MR) is 114 cm³/mol. The van der Waals surface area contributed by atoms with Gasteiger partial charge < -0.3 is 29.6 Å². The molecule has 0 saturated carbocycles. The van der Waals surface area contributed by atoms with Crippen LogP contribution in [-0.2, 0) is 0 Å². The Morgan fingerprint density at radius 2 is 1.86 bits per heavy atom. The molecule has 5 radical (unpaired) electrons. The molecule has 0 spiro atoms. The maximum atomic E-state index is 12.5. The van der Waals surface area contributed by atoms with Crippen molar-refractivity contribution in [2.24, 2.45) is 0 Å². The van der Waals surface area contributed by atoms with Crippen molar-refractivity contribution in [3.8, 4) is 17.2 Å². The molecule has 3 rings (SSSR count). The second kappa shape index (κ2) is 8.26. The number of rotatable bonds is 10. The van der Waals surface area contributed by atoms with Gasteiger partial charge in [0.15, 0.2) is 11.5 Å². The van der Waals surface area contributed by atoms with Crippen LogP contribution in [0.3, 0.4) is 0 Å². The minimum absolute atomic E-state index is 0.153. The highest BCUT2D eigenvalue weighted by atomic mass is 16.5. The van der Waals surface area contributed by atoms with Crippen LogP contribution in [0.1, 0.15) is 29.8 Å². The summed E-state index contributed by atoms with van der Waals surface area (Å²) in [5.74, 6) is 1.24. The molecule has 0 aliphatic carbocycles. The van der Waals surface area contributed by atoms with E-state index in [0.29, 0.717) is 41.4 Å². The second-order valence-electron chi connectivity index (χ2n) is 7.39. The molecule has 1 aromatic heterocycles. The summed E-state index contributed by atoms with van der Waals surface area (Å²) in [6.07, 6.45) is 2.22. The molecule has 1 amide bonds. The van der Waals surface area contributed by atoms with Gasteiger partial charge in [0.2, 0.25) is 5.75 Å². The Kier molecular flexibility index (Phi) is 6.12. The minimum Gasteiger partial charge on any atom is -0.493 e. The molecule has 2 heterocycles. The van der Waals surface area contributed by atoms with Gasteiger partial charge in [-0.25, -0.2) is 0 Å². The van der Waals surface area contributed by atoms with Crippen LogP contribution in [0.2, 0.25) is 10.4 Å². The average Bonchev–Trinajstić information content (AvgIpc) is 3.05. The third-order valence-corrected chi connectivity index (χ3v) is 5.53. The summed E-state index contributed by atoms with van der Waals surface area (Å²) in [5, 5.41) is 11.5. The van der Waals surface area contributed by atoms with Gasteiger partial charge >= 0.3 is 0 Å². The van der Waals surface area contributed by atoms with Crippen LogP contribution in [-0.4, -0.2) is 73.5 Å². The predicted octanol–water partition coefficient (Wildman–Crippen LogP) is 1.37. The average molecular weight is 393 g/mol. The van der Waals surface area contributed by atoms with Gasteiger partial charge in [0.05, 0.1) is 42.5 Å². The first-order valence-corrected chi connectivity index (χ1v) is 9.48. The van der Waals surface area contributed by atoms with E-state index in [1.165, 1.54) is 14.2 Å². The molecule has 1 aromatic carbocycles. The molecule has 2 aromatic rings. The van der Waals surface area contributed by atoms with E-state index < -0.39 is 10.4 Å². The maximum Gasteiger partial charge on any atom is 0.267 e. The zero-order valence-corrected chi connectivity index (χ0v) is 17.0. The van der Waals surface area contributed by atoms with Crippen molar-refractivity contribution in [2.45, 2.75) is 29.7 Å². The van der Waals surface area contributed by atoms with E-state index in [0.717, 1.165) is 18.2 Å². The van der Waals surface area contributed by atoms with E-state index in [2.05, 4.69) is 10.3 Å². The molecule has 1 aliphatic rings. The number of hydrogen-bond donors (Lipinski definition) is 3. The van der Waals surface area contributed by atoms with Crippen molar-refractivity contribution in [1.82, 2.24) is 10.3 Å². The van der Waals surface area contributed by atoms with Gasteiger partial charge in [0.1, 0.15) is 13.0 Å². The van der Waals surface area contributed by atoms with Gasteiger partial charge in [-0.3, -0.25) is 4.79 Å². The van der Waals surface area contributed by atoms with Crippen molar-refractivity contribution in [3.05, 3.63) is 17.8 Å². The molecule has 2 unspecified atom stereocenters. The third-order valence-electron chi connectivity index (χ3n) is 5.53. The molecule has 29 heavy (non-hydrogen) atoms. The van der Waals surface area contributed by atoms with Crippen molar-refractivity contribution < 1.29 is 24.1 Å². The largest absolute Gasteiger partial charge is 0.493 e. The molecule has 7 nitrogen and oxygen atoms in total. The fraction of sp³-hybridized carbons (Fsp3) is 0.526. The molecule has 2 atom stereocenters. The summed E-state index contributed by atoms with van der Waals surface area (Å²) in [6, 6.07) is 3.53. The number of carbonyl (C=O) groups is 1. The Morgan fingerprint density at radius 1 is 1.14 bits per heavy atom. The Labute approximate surface area is 173 Å². The second-order valence-corrected chi connectivity index (χ2v) is 7.39. The number of benzene rings is 1. The summed E-state index contributed by atoms with van der Waals surface area (Å²) in [7, 11) is 18.4. The molecule has 10 heteroatoms. The summed E-state index contributed by atoms with van der Waals surface area (Å²) in [6.45, 7) is 0.352. The Hall–Kier alpha value is -2.22. The number of ether oxygens (including phenoxy) is 3. The van der Waals surface area contributed by atoms with Crippen LogP contribution in [0, 0.1) is 0 Å². The van der Waals surface area contributed by atoms with Crippen LogP contribution in [0.4, 0.5) is 0 Å². The van der Waals surface area contributed by atoms with E-state index in [-0.39, 0.29) is 12.5 Å². The van der Waals surface area contributed by atoms with Crippen LogP contribution < -0.4 is 19.5 Å². The molecule has 1 fully saturated rings. The third kappa shape index (κ3) is 3.95. The standard InChI is InChI=1S/C19H24B3N2O5/c1-27-13-9-11-8-12(24-14(11)16(29-3)15(13)28-2)17(26)23-7-5-4-6-18(20)19(21,10-25)22-18/h8-9,24-25H,4-7,10H2,1-3H3,(H,23,26). The van der Waals surface area contributed by atoms with Crippen LogP contribution in [0.5, 0.6) is 17.2 Å². The molecule has 1 saturated heterocycles. The van der Waals surface area contributed by atoms with Gasteiger partial charge in [-0.2, -0.15) is 0 Å². The number of amides is 1. The van der Waals surface area contributed by atoms with Crippen molar-refractivity contribution in [3.63, 3.8) is 0 Å². The number of unbranched alkanes of at least 4 members (excludes halogenated alkanes) is 1. The van der Waals surface area contributed by atoms with Crippen LogP contribution in [0.15, 0.2) is 12.1 Å². The number of aromatic nitrogens is 1. The Morgan fingerprint density at radius 3 is 2.45 bits per heavy atom. The smallest absolute Gasteiger partial charge is 0.267 e. The number of carbonyl (C=O) groups excluding carboxylic acids is 1. The summed E-state index contributed by atoms with van der Waals surface area (Å²) in [5.41, 5.74) is 1.08. The fourth-order valence-electron chi connectivity index (χ4n) is 3.63. The quantitative estimate of drug-likeness (QED) is 0.419. The molecular weight excluding hydrogens is 369 g/mol. The van der Waals surface area contributed by atoms with Gasteiger partial charge in [-0.05, 0) is 18.6 Å². The fourth-order valence-corrected chi connectivity index (χ4v) is 3.63. The number of methoxy groups -OCH3 is 3. The monoisotopic (exact) mass is 393 g/mol. The molecule has 3 N–H and O–H groups in total. The molecule has 149 valence electrons. The Bertz CT molecular complexity index is 906. The summed E-state index contributed by atoms with van der Waals surface area (Å²) < 4.78 is 16.2. The van der Waals surface area contributed by atoms with Crippen molar-refractivity contribution >= 4 is 39.8 Å². The van der Waals surface area contributed by atoms with E-state index in [9.17, 15) is 9.90 Å². The van der Waals surface area contributed by atoms with E-state index >= 15 is 0 Å². The number of aliphatic hydroxyl groups excluding tert-OH is 1. The first-order valence-electron chi connectivity index (χ1n) is 9.48. The number of nitrogens with one attached hydrogen (secondary N) is 2. The first-order chi connectivity index (χ1) is 13.8. The molecule has 0 bridgehead atoms. The lowest BCUT2D eigenvalue weighted by atomic mass is 9.65. The lowest BCUT2D eigenvalue weighted by molar-refractivity contribution is 0.0949. The zero-order valence-electron chi connectivity index (χ0n) is 17.0. The van der Waals surface area contributed by atoms with Gasteiger partial charge in [0, 0.05) is 18.5 Å². The van der Waals surface area contributed by atoms with Crippen molar-refractivity contribution in [2.75, 3.05) is 34.5 Å². The number of aromatic amines is 1. The lowest BCUT2D eigenvalue weighted by Crippen LogP contribution is -2.24. The highest BCUT2D eigenvalue weighted by molar-refractivity contribution is 6.81. The highest BCUT2D eigenvalue weighted by Crippen LogP contribution is 2.66. The summed E-state index contributed by atoms with van der Waals surface area (Å²) >= 11 is 0. The Balaban J connectivity index is 1.60. The van der Waals surface area contributed by atoms with E-state index in [1.807, 2.05) is 0 Å². The zero-order chi connectivity index (χ0) is 21.2. The minimum atomic E-state index is -0.776. The highest BCUT2D eigenvalue weighted by Gasteiger charge is 2.58. The summed E-state index contributed by atoms with van der Waals surface area (Å²) in [4.78, 5) is 15.6. The first kappa shape index (κ1) is 21.5. The van der Waals surface area contributed by atoms with E-state index in [1.54, 1.807) is 26.5 Å². The SMILES string of the molecule is [B]C1(CO)[B]C1([B])CCCCNC(=O)c1cc2cc(OC)c(OC)c(OC)c2[nH]1. The number of fused-ring (bicyclic) bond motifs is 1. The van der Waals surface area contributed by atoms with Crippen LogP contribution in [0.25, 0.3) is 10.9 Å². The van der Waals surface area contributed by atoms with Gasteiger partial charge in [-0.1, -0.05) is 23.3 Å². The molecule has 1 aliphatic heterocycles. The van der Waals surface area contributed by atoms with Crippen LogP contribution >= 0.6 is 0 Å².